The number of benzene rings is 2. The van der Waals surface area contributed by atoms with Gasteiger partial charge < -0.3 is 26.0 Å². The van der Waals surface area contributed by atoms with Crippen LogP contribution in [0.1, 0.15) is 18.4 Å². The van der Waals surface area contributed by atoms with Crippen molar-refractivity contribution >= 4 is 34.7 Å². The third-order valence-corrected chi connectivity index (χ3v) is 5.35. The summed E-state index contributed by atoms with van der Waals surface area (Å²) in [6.07, 6.45) is -0.975. The Morgan fingerprint density at radius 1 is 1.06 bits per heavy atom. The largest absolute Gasteiger partial charge is 0.490 e. The van der Waals surface area contributed by atoms with Gasteiger partial charge in [0.25, 0.3) is 0 Å². The highest BCUT2D eigenvalue weighted by molar-refractivity contribution is 5.99. The van der Waals surface area contributed by atoms with Crippen molar-refractivity contribution in [2.24, 2.45) is 0 Å². The van der Waals surface area contributed by atoms with Gasteiger partial charge in [-0.05, 0) is 62.3 Å². The number of carbonyl (C=O) groups is 1. The van der Waals surface area contributed by atoms with E-state index in [0.29, 0.717) is 22.8 Å². The van der Waals surface area contributed by atoms with E-state index in [9.17, 15) is 18.0 Å². The van der Waals surface area contributed by atoms with Gasteiger partial charge in [-0.3, -0.25) is 4.79 Å². The zero-order valence-corrected chi connectivity index (χ0v) is 19.2. The van der Waals surface area contributed by atoms with E-state index in [0.717, 1.165) is 38.2 Å². The second-order valence-electron chi connectivity index (χ2n) is 8.07. The molecule has 0 bridgehead atoms. The van der Waals surface area contributed by atoms with Gasteiger partial charge in [-0.2, -0.15) is 18.2 Å². The standard InChI is InChI=1S/C25H25F3N6O2/c1-2-22(35)31-16-5-3-6-17(13-16)32-23-21(25(26,27)28)15-30-24(34-23)33-18-7-4-8-20(14-18)36-19-9-11-29-12-10-19/h2-8,13-15,19,29H,1,9-12H2,(H,31,35)(H2,30,32,33,34). The highest BCUT2D eigenvalue weighted by Gasteiger charge is 2.35. The molecule has 1 saturated heterocycles. The molecule has 4 rings (SSSR count). The summed E-state index contributed by atoms with van der Waals surface area (Å²) in [6, 6.07) is 13.3. The van der Waals surface area contributed by atoms with Crippen LogP contribution in [0.5, 0.6) is 5.75 Å². The summed E-state index contributed by atoms with van der Waals surface area (Å²) in [6.45, 7) is 5.16. The summed E-state index contributed by atoms with van der Waals surface area (Å²) in [5.74, 6) is -0.256. The lowest BCUT2D eigenvalue weighted by atomic mass is 10.1. The van der Waals surface area contributed by atoms with E-state index in [-0.39, 0.29) is 12.1 Å². The molecule has 1 aliphatic rings. The Morgan fingerprint density at radius 3 is 2.47 bits per heavy atom. The molecule has 4 N–H and O–H groups in total. The Morgan fingerprint density at radius 2 is 1.75 bits per heavy atom. The molecule has 1 aliphatic heterocycles. The van der Waals surface area contributed by atoms with Crippen molar-refractivity contribution < 1.29 is 22.7 Å². The average Bonchev–Trinajstić information content (AvgIpc) is 2.84. The summed E-state index contributed by atoms with van der Waals surface area (Å²) in [7, 11) is 0. The van der Waals surface area contributed by atoms with Crippen LogP contribution in [0.25, 0.3) is 0 Å². The number of anilines is 5. The summed E-state index contributed by atoms with van der Waals surface area (Å²) in [4.78, 5) is 19.5. The van der Waals surface area contributed by atoms with Crippen LogP contribution >= 0.6 is 0 Å². The Kier molecular flexibility index (Phi) is 7.69. The number of rotatable bonds is 8. The van der Waals surface area contributed by atoms with Gasteiger partial charge >= 0.3 is 6.18 Å². The minimum Gasteiger partial charge on any atom is -0.490 e. The number of alkyl halides is 3. The van der Waals surface area contributed by atoms with Crippen molar-refractivity contribution in [3.05, 3.63) is 72.9 Å². The third kappa shape index (κ3) is 6.72. The van der Waals surface area contributed by atoms with E-state index in [1.807, 2.05) is 6.07 Å². The summed E-state index contributed by atoms with van der Waals surface area (Å²) in [5.41, 5.74) is 0.221. The summed E-state index contributed by atoms with van der Waals surface area (Å²) in [5, 5.41) is 11.5. The van der Waals surface area contributed by atoms with Crippen LogP contribution in [0.4, 0.5) is 42.0 Å². The lowest BCUT2D eigenvalue weighted by Gasteiger charge is -2.24. The Bertz CT molecular complexity index is 1230. The molecule has 3 aromatic rings. The average molecular weight is 499 g/mol. The van der Waals surface area contributed by atoms with Gasteiger partial charge in [-0.1, -0.05) is 18.7 Å². The second kappa shape index (κ2) is 11.1. The lowest BCUT2D eigenvalue weighted by molar-refractivity contribution is -0.137. The fourth-order valence-corrected chi connectivity index (χ4v) is 3.63. The molecule has 0 saturated carbocycles. The first kappa shape index (κ1) is 25.0. The first-order valence-electron chi connectivity index (χ1n) is 11.3. The first-order valence-corrected chi connectivity index (χ1v) is 11.3. The molecule has 188 valence electrons. The Labute approximate surface area is 206 Å². The Hall–Kier alpha value is -4.12. The van der Waals surface area contributed by atoms with Crippen LogP contribution in [0.2, 0.25) is 0 Å². The number of carbonyl (C=O) groups excluding carboxylic acids is 1. The predicted molar refractivity (Wildman–Crippen MR) is 132 cm³/mol. The number of hydrogen-bond donors (Lipinski definition) is 4. The number of nitrogens with zero attached hydrogens (tertiary/aromatic N) is 2. The van der Waals surface area contributed by atoms with Crippen molar-refractivity contribution in [1.29, 1.82) is 0 Å². The molecule has 1 aromatic heterocycles. The van der Waals surface area contributed by atoms with E-state index in [1.54, 1.807) is 36.4 Å². The van der Waals surface area contributed by atoms with Crippen LogP contribution in [0.15, 0.2) is 67.4 Å². The first-order chi connectivity index (χ1) is 17.3. The van der Waals surface area contributed by atoms with Gasteiger partial charge in [0.05, 0.1) is 0 Å². The fraction of sp³-hybridized carbons (Fsp3) is 0.240. The number of aromatic nitrogens is 2. The molecule has 36 heavy (non-hydrogen) atoms. The number of piperidine rings is 1. The van der Waals surface area contributed by atoms with Crippen LogP contribution in [0, 0.1) is 0 Å². The van der Waals surface area contributed by atoms with Crippen molar-refractivity contribution in [3.63, 3.8) is 0 Å². The van der Waals surface area contributed by atoms with Crippen LogP contribution in [-0.4, -0.2) is 35.1 Å². The van der Waals surface area contributed by atoms with E-state index in [4.69, 9.17) is 4.74 Å². The molecule has 8 nitrogen and oxygen atoms in total. The SMILES string of the molecule is C=CC(=O)Nc1cccc(Nc2nc(Nc3cccc(OC4CCNCC4)c3)ncc2C(F)(F)F)c1. The molecule has 1 fully saturated rings. The predicted octanol–water partition coefficient (Wildman–Crippen LogP) is 5.24. The van der Waals surface area contributed by atoms with E-state index in [2.05, 4.69) is 37.8 Å². The quantitative estimate of drug-likeness (QED) is 0.315. The minimum absolute atomic E-state index is 0.0272. The van der Waals surface area contributed by atoms with Crippen molar-refractivity contribution in [2.75, 3.05) is 29.0 Å². The normalized spacial score (nSPS) is 14.1. The summed E-state index contributed by atoms with van der Waals surface area (Å²) >= 11 is 0. The molecule has 1 amide bonds. The zero-order valence-electron chi connectivity index (χ0n) is 19.2. The van der Waals surface area contributed by atoms with Crippen LogP contribution in [0.3, 0.4) is 0 Å². The topological polar surface area (TPSA) is 100 Å². The summed E-state index contributed by atoms with van der Waals surface area (Å²) < 4.78 is 47.0. The van der Waals surface area contributed by atoms with Gasteiger partial charge in [-0.15, -0.1) is 0 Å². The Balaban J connectivity index is 1.55. The molecule has 0 unspecified atom stereocenters. The van der Waals surface area contributed by atoms with Crippen molar-refractivity contribution in [3.8, 4) is 5.75 Å². The molecule has 2 aromatic carbocycles. The highest BCUT2D eigenvalue weighted by atomic mass is 19.4. The monoisotopic (exact) mass is 498 g/mol. The minimum atomic E-state index is -4.68. The molecule has 0 spiro atoms. The smallest absolute Gasteiger partial charge is 0.421 e. The van der Waals surface area contributed by atoms with Gasteiger partial charge in [0, 0.05) is 29.3 Å². The fourth-order valence-electron chi connectivity index (χ4n) is 3.63. The maximum atomic E-state index is 13.7. The number of halogens is 3. The van der Waals surface area contributed by atoms with E-state index >= 15 is 0 Å². The van der Waals surface area contributed by atoms with Crippen LogP contribution in [-0.2, 0) is 11.0 Å². The number of nitrogens with one attached hydrogen (secondary N) is 4. The van der Waals surface area contributed by atoms with Crippen molar-refractivity contribution in [1.82, 2.24) is 15.3 Å². The maximum absolute atomic E-state index is 13.7. The second-order valence-corrected chi connectivity index (χ2v) is 8.07. The van der Waals surface area contributed by atoms with Gasteiger partial charge in [-0.25, -0.2) is 4.98 Å². The number of ether oxygens (including phenoxy) is 1. The van der Waals surface area contributed by atoms with Gasteiger partial charge in [0.2, 0.25) is 11.9 Å². The maximum Gasteiger partial charge on any atom is 0.421 e. The highest BCUT2D eigenvalue weighted by Crippen LogP contribution is 2.36. The molecule has 2 heterocycles. The van der Waals surface area contributed by atoms with E-state index in [1.165, 1.54) is 6.07 Å². The lowest BCUT2D eigenvalue weighted by Crippen LogP contribution is -2.34. The number of amides is 1. The number of hydrogen-bond acceptors (Lipinski definition) is 7. The van der Waals surface area contributed by atoms with E-state index < -0.39 is 23.5 Å². The van der Waals surface area contributed by atoms with Crippen molar-refractivity contribution in [2.45, 2.75) is 25.1 Å². The zero-order chi connectivity index (χ0) is 25.5. The third-order valence-electron chi connectivity index (χ3n) is 5.35. The molecule has 0 aliphatic carbocycles. The van der Waals surface area contributed by atoms with Gasteiger partial charge in [0.1, 0.15) is 23.2 Å². The molecular weight excluding hydrogens is 473 g/mol. The molecular formula is C25H25F3N6O2. The van der Waals surface area contributed by atoms with Crippen LogP contribution < -0.4 is 26.0 Å². The molecule has 11 heteroatoms. The van der Waals surface area contributed by atoms with Gasteiger partial charge in [0.15, 0.2) is 0 Å². The molecule has 0 radical (unpaired) electrons. The molecule has 0 atom stereocenters.